The van der Waals surface area contributed by atoms with Gasteiger partial charge in [-0.25, -0.2) is 9.97 Å². The quantitative estimate of drug-likeness (QED) is 0.865. The molecule has 0 aliphatic heterocycles. The van der Waals surface area contributed by atoms with Gasteiger partial charge in [-0.3, -0.25) is 0 Å². The maximum absolute atomic E-state index is 5.17. The Balaban J connectivity index is 2.22. The van der Waals surface area contributed by atoms with Crippen molar-refractivity contribution in [3.05, 3.63) is 36.2 Å². The Kier molecular flexibility index (Phi) is 3.62. The third-order valence-corrected chi connectivity index (χ3v) is 2.62. The first kappa shape index (κ1) is 12.2. The molecule has 0 bridgehead atoms. The Morgan fingerprint density at radius 2 is 1.89 bits per heavy atom. The number of benzene rings is 1. The molecule has 0 aliphatic carbocycles. The molecule has 2 rings (SSSR count). The lowest BCUT2D eigenvalue weighted by Crippen LogP contribution is -1.99. The first-order chi connectivity index (χ1) is 8.72. The van der Waals surface area contributed by atoms with Crippen molar-refractivity contribution in [2.75, 3.05) is 24.8 Å². The summed E-state index contributed by atoms with van der Waals surface area (Å²) in [6.45, 7) is 2.02. The predicted octanol–water partition coefficient (Wildman–Crippen LogP) is 2.58. The summed E-state index contributed by atoms with van der Waals surface area (Å²) >= 11 is 0. The maximum atomic E-state index is 5.17. The highest BCUT2D eigenvalue weighted by atomic mass is 16.5. The number of rotatable bonds is 4. The number of ether oxygens (including phenoxy) is 1. The summed E-state index contributed by atoms with van der Waals surface area (Å²) in [5.74, 6) is 2.37. The first-order valence-corrected chi connectivity index (χ1v) is 5.64. The van der Waals surface area contributed by atoms with Gasteiger partial charge in [-0.1, -0.05) is 0 Å². The van der Waals surface area contributed by atoms with E-state index in [1.807, 2.05) is 38.2 Å². The normalized spacial score (nSPS) is 9.94. The largest absolute Gasteiger partial charge is 0.497 e. The fourth-order valence-electron chi connectivity index (χ4n) is 1.60. The van der Waals surface area contributed by atoms with Crippen LogP contribution < -0.4 is 15.4 Å². The van der Waals surface area contributed by atoms with E-state index in [-0.39, 0.29) is 0 Å². The van der Waals surface area contributed by atoms with E-state index in [9.17, 15) is 0 Å². The van der Waals surface area contributed by atoms with E-state index in [4.69, 9.17) is 4.74 Å². The van der Waals surface area contributed by atoms with Crippen molar-refractivity contribution in [3.63, 3.8) is 0 Å². The number of methoxy groups -OCH3 is 1. The van der Waals surface area contributed by atoms with E-state index in [1.165, 1.54) is 6.33 Å². The summed E-state index contributed by atoms with van der Waals surface area (Å²) in [5.41, 5.74) is 2.09. The van der Waals surface area contributed by atoms with Gasteiger partial charge in [0.2, 0.25) is 0 Å². The van der Waals surface area contributed by atoms with Crippen molar-refractivity contribution >= 4 is 17.3 Å². The lowest BCUT2D eigenvalue weighted by atomic mass is 10.2. The van der Waals surface area contributed by atoms with E-state index in [0.717, 1.165) is 28.6 Å². The van der Waals surface area contributed by atoms with Crippen LogP contribution in [0, 0.1) is 6.92 Å². The van der Waals surface area contributed by atoms with Gasteiger partial charge in [0.1, 0.15) is 23.7 Å². The van der Waals surface area contributed by atoms with Crippen LogP contribution in [0.4, 0.5) is 17.3 Å². The summed E-state index contributed by atoms with van der Waals surface area (Å²) in [7, 11) is 3.48. The summed E-state index contributed by atoms with van der Waals surface area (Å²) in [5, 5.41) is 6.23. The number of hydrogen-bond donors (Lipinski definition) is 2. The minimum absolute atomic E-state index is 0.752. The van der Waals surface area contributed by atoms with Crippen LogP contribution in [-0.2, 0) is 0 Å². The van der Waals surface area contributed by atoms with E-state index in [2.05, 4.69) is 20.6 Å². The monoisotopic (exact) mass is 244 g/mol. The van der Waals surface area contributed by atoms with Gasteiger partial charge in [-0.15, -0.1) is 0 Å². The molecule has 1 aromatic heterocycles. The van der Waals surface area contributed by atoms with Gasteiger partial charge in [0, 0.05) is 18.8 Å². The van der Waals surface area contributed by atoms with Crippen LogP contribution in [0.5, 0.6) is 5.75 Å². The number of nitrogens with zero attached hydrogens (tertiary/aromatic N) is 2. The lowest BCUT2D eigenvalue weighted by molar-refractivity contribution is 0.414. The minimum atomic E-state index is 0.752. The number of aromatic nitrogens is 2. The number of anilines is 3. The van der Waals surface area contributed by atoms with Gasteiger partial charge in [0.25, 0.3) is 0 Å². The van der Waals surface area contributed by atoms with Crippen molar-refractivity contribution in [1.82, 2.24) is 9.97 Å². The van der Waals surface area contributed by atoms with Gasteiger partial charge >= 0.3 is 0 Å². The van der Waals surface area contributed by atoms with Gasteiger partial charge in [0.15, 0.2) is 0 Å². The first-order valence-electron chi connectivity index (χ1n) is 5.64. The van der Waals surface area contributed by atoms with Crippen molar-refractivity contribution in [3.8, 4) is 5.75 Å². The van der Waals surface area contributed by atoms with Gasteiger partial charge in [-0.2, -0.15) is 0 Å². The molecule has 94 valence electrons. The molecule has 0 radical (unpaired) electrons. The molecule has 0 amide bonds. The van der Waals surface area contributed by atoms with Crippen LogP contribution in [0.25, 0.3) is 0 Å². The smallest absolute Gasteiger partial charge is 0.135 e. The molecule has 0 atom stereocenters. The SMILES string of the molecule is CNc1cc(Nc2ccc(OC)cc2C)ncn1. The topological polar surface area (TPSA) is 59.1 Å². The molecule has 5 nitrogen and oxygen atoms in total. The summed E-state index contributed by atoms with van der Waals surface area (Å²) in [4.78, 5) is 8.24. The molecule has 0 spiro atoms. The van der Waals surface area contributed by atoms with Crippen molar-refractivity contribution in [2.45, 2.75) is 6.92 Å². The Labute approximate surface area is 106 Å². The molecule has 5 heteroatoms. The number of nitrogens with one attached hydrogen (secondary N) is 2. The van der Waals surface area contributed by atoms with E-state index < -0.39 is 0 Å². The minimum Gasteiger partial charge on any atom is -0.497 e. The Bertz CT molecular complexity index is 542. The zero-order valence-corrected chi connectivity index (χ0v) is 10.7. The van der Waals surface area contributed by atoms with E-state index in [1.54, 1.807) is 7.11 Å². The second-order valence-corrected chi connectivity index (χ2v) is 3.84. The number of aryl methyl sites for hydroxylation is 1. The highest BCUT2D eigenvalue weighted by molar-refractivity contribution is 5.63. The summed E-state index contributed by atoms with van der Waals surface area (Å²) < 4.78 is 5.17. The molecule has 0 saturated heterocycles. The molecule has 1 aromatic carbocycles. The molecule has 2 aromatic rings. The standard InChI is InChI=1S/C13H16N4O/c1-9-6-10(18-3)4-5-11(9)17-13-7-12(14-2)15-8-16-13/h4-8H,1-3H3,(H2,14,15,16,17). The highest BCUT2D eigenvalue weighted by Gasteiger charge is 2.02. The third-order valence-electron chi connectivity index (χ3n) is 2.62. The number of hydrogen-bond acceptors (Lipinski definition) is 5. The van der Waals surface area contributed by atoms with Crippen molar-refractivity contribution in [1.29, 1.82) is 0 Å². The van der Waals surface area contributed by atoms with Crippen LogP contribution in [0.2, 0.25) is 0 Å². The predicted molar refractivity (Wildman–Crippen MR) is 72.6 cm³/mol. The van der Waals surface area contributed by atoms with Gasteiger partial charge in [0.05, 0.1) is 7.11 Å². The van der Waals surface area contributed by atoms with E-state index >= 15 is 0 Å². The molecule has 0 unspecified atom stereocenters. The van der Waals surface area contributed by atoms with Crippen molar-refractivity contribution in [2.24, 2.45) is 0 Å². The third kappa shape index (κ3) is 2.68. The van der Waals surface area contributed by atoms with Crippen LogP contribution >= 0.6 is 0 Å². The summed E-state index contributed by atoms with van der Waals surface area (Å²) in [6, 6.07) is 7.71. The maximum Gasteiger partial charge on any atom is 0.135 e. The molecular formula is C13H16N4O. The fraction of sp³-hybridized carbons (Fsp3) is 0.231. The Morgan fingerprint density at radius 1 is 1.11 bits per heavy atom. The van der Waals surface area contributed by atoms with Crippen LogP contribution in [-0.4, -0.2) is 24.1 Å². The van der Waals surface area contributed by atoms with Crippen LogP contribution in [0.15, 0.2) is 30.6 Å². The molecule has 1 heterocycles. The molecule has 2 N–H and O–H groups in total. The zero-order valence-electron chi connectivity index (χ0n) is 10.7. The van der Waals surface area contributed by atoms with E-state index in [0.29, 0.717) is 0 Å². The average Bonchev–Trinajstić information content (AvgIpc) is 2.41. The Morgan fingerprint density at radius 3 is 2.56 bits per heavy atom. The zero-order chi connectivity index (χ0) is 13.0. The fourth-order valence-corrected chi connectivity index (χ4v) is 1.60. The highest BCUT2D eigenvalue weighted by Crippen LogP contribution is 2.24. The van der Waals surface area contributed by atoms with Crippen LogP contribution in [0.1, 0.15) is 5.56 Å². The lowest BCUT2D eigenvalue weighted by Gasteiger charge is -2.10. The summed E-state index contributed by atoms with van der Waals surface area (Å²) in [6.07, 6.45) is 1.52. The molecule has 0 saturated carbocycles. The van der Waals surface area contributed by atoms with Gasteiger partial charge in [-0.05, 0) is 30.7 Å². The second-order valence-electron chi connectivity index (χ2n) is 3.84. The van der Waals surface area contributed by atoms with Crippen molar-refractivity contribution < 1.29 is 4.74 Å². The molecule has 0 aliphatic rings. The molecule has 18 heavy (non-hydrogen) atoms. The van der Waals surface area contributed by atoms with Crippen LogP contribution in [0.3, 0.4) is 0 Å². The van der Waals surface area contributed by atoms with Gasteiger partial charge < -0.3 is 15.4 Å². The average molecular weight is 244 g/mol. The molecular weight excluding hydrogens is 228 g/mol. The molecule has 0 fully saturated rings. The second kappa shape index (κ2) is 5.35. The Hall–Kier alpha value is -2.30.